The lowest BCUT2D eigenvalue weighted by Gasteiger charge is -2.21. The molecule has 0 spiro atoms. The van der Waals surface area contributed by atoms with Crippen molar-refractivity contribution in [3.63, 3.8) is 0 Å². The molecular weight excluding hydrogens is 288 g/mol. The number of aromatic amines is 1. The SMILES string of the molecule is CC(NC1CCN(c2nn[nH]n2)C1)c1cccc2ccccc12. The fourth-order valence-electron chi connectivity index (χ4n) is 3.44. The van der Waals surface area contributed by atoms with Crippen LogP contribution in [-0.4, -0.2) is 39.8 Å². The van der Waals surface area contributed by atoms with E-state index in [0.29, 0.717) is 18.0 Å². The maximum absolute atomic E-state index is 4.06. The predicted molar refractivity (Wildman–Crippen MR) is 90.3 cm³/mol. The van der Waals surface area contributed by atoms with Gasteiger partial charge in [-0.1, -0.05) is 47.6 Å². The Labute approximate surface area is 134 Å². The van der Waals surface area contributed by atoms with E-state index >= 15 is 0 Å². The number of fused-ring (bicyclic) bond motifs is 1. The van der Waals surface area contributed by atoms with Crippen LogP contribution in [0.5, 0.6) is 0 Å². The maximum Gasteiger partial charge on any atom is 0.265 e. The summed E-state index contributed by atoms with van der Waals surface area (Å²) >= 11 is 0. The first-order chi connectivity index (χ1) is 11.3. The van der Waals surface area contributed by atoms with Crippen molar-refractivity contribution in [2.24, 2.45) is 0 Å². The second kappa shape index (κ2) is 5.96. The highest BCUT2D eigenvalue weighted by molar-refractivity contribution is 5.86. The molecule has 6 nitrogen and oxygen atoms in total. The van der Waals surface area contributed by atoms with Gasteiger partial charge in [0.1, 0.15) is 0 Å². The van der Waals surface area contributed by atoms with Crippen LogP contribution in [0.15, 0.2) is 42.5 Å². The molecule has 2 unspecified atom stereocenters. The minimum Gasteiger partial charge on any atom is -0.337 e. The molecule has 4 rings (SSSR count). The van der Waals surface area contributed by atoms with Gasteiger partial charge in [0.2, 0.25) is 0 Å². The number of H-pyrrole nitrogens is 1. The van der Waals surface area contributed by atoms with E-state index in [1.807, 2.05) is 0 Å². The van der Waals surface area contributed by atoms with E-state index in [4.69, 9.17) is 0 Å². The third-order valence-corrected chi connectivity index (χ3v) is 4.58. The van der Waals surface area contributed by atoms with Crippen molar-refractivity contribution in [2.45, 2.75) is 25.4 Å². The largest absolute Gasteiger partial charge is 0.337 e. The number of nitrogens with zero attached hydrogens (tertiary/aromatic N) is 4. The van der Waals surface area contributed by atoms with E-state index in [1.54, 1.807) is 0 Å². The third-order valence-electron chi connectivity index (χ3n) is 4.58. The first-order valence-corrected chi connectivity index (χ1v) is 8.03. The summed E-state index contributed by atoms with van der Waals surface area (Å²) in [7, 11) is 0. The molecule has 2 atom stereocenters. The first-order valence-electron chi connectivity index (χ1n) is 8.03. The Balaban J connectivity index is 1.49. The molecule has 6 heteroatoms. The average molecular weight is 308 g/mol. The van der Waals surface area contributed by atoms with Gasteiger partial charge in [-0.05, 0) is 34.9 Å². The van der Waals surface area contributed by atoms with Crippen LogP contribution in [-0.2, 0) is 0 Å². The smallest absolute Gasteiger partial charge is 0.265 e. The summed E-state index contributed by atoms with van der Waals surface area (Å²) < 4.78 is 0. The van der Waals surface area contributed by atoms with Gasteiger partial charge in [0.25, 0.3) is 5.95 Å². The highest BCUT2D eigenvalue weighted by Crippen LogP contribution is 2.25. The Bertz CT molecular complexity index is 779. The number of benzene rings is 2. The van der Waals surface area contributed by atoms with Gasteiger partial charge in [0.05, 0.1) is 0 Å². The predicted octanol–water partition coefficient (Wildman–Crippen LogP) is 2.28. The van der Waals surface area contributed by atoms with Gasteiger partial charge in [-0.25, -0.2) is 0 Å². The maximum atomic E-state index is 4.06. The van der Waals surface area contributed by atoms with Crippen LogP contribution in [0.25, 0.3) is 10.8 Å². The molecule has 0 radical (unpaired) electrons. The highest BCUT2D eigenvalue weighted by Gasteiger charge is 2.26. The molecule has 0 bridgehead atoms. The van der Waals surface area contributed by atoms with E-state index in [9.17, 15) is 0 Å². The summed E-state index contributed by atoms with van der Waals surface area (Å²) in [6.07, 6.45) is 1.09. The fraction of sp³-hybridized carbons (Fsp3) is 0.353. The summed E-state index contributed by atoms with van der Waals surface area (Å²) in [6, 6.07) is 15.8. The zero-order chi connectivity index (χ0) is 15.6. The molecule has 118 valence electrons. The van der Waals surface area contributed by atoms with Crippen LogP contribution in [0.4, 0.5) is 5.95 Å². The Hall–Kier alpha value is -2.47. The molecule has 1 aromatic heterocycles. The molecule has 2 N–H and O–H groups in total. The van der Waals surface area contributed by atoms with Crippen LogP contribution >= 0.6 is 0 Å². The van der Waals surface area contributed by atoms with Crippen LogP contribution in [0.3, 0.4) is 0 Å². The number of rotatable bonds is 4. The van der Waals surface area contributed by atoms with Gasteiger partial charge in [-0.3, -0.25) is 0 Å². The zero-order valence-corrected chi connectivity index (χ0v) is 13.1. The topological polar surface area (TPSA) is 69.7 Å². The summed E-state index contributed by atoms with van der Waals surface area (Å²) in [6.45, 7) is 4.10. The average Bonchev–Trinajstić information content (AvgIpc) is 3.25. The molecule has 2 heterocycles. The Morgan fingerprint density at radius 2 is 2.09 bits per heavy atom. The van der Waals surface area contributed by atoms with Crippen LogP contribution < -0.4 is 10.2 Å². The van der Waals surface area contributed by atoms with Gasteiger partial charge >= 0.3 is 0 Å². The molecule has 0 aliphatic carbocycles. The van der Waals surface area contributed by atoms with E-state index in [-0.39, 0.29) is 0 Å². The van der Waals surface area contributed by atoms with Crippen LogP contribution in [0, 0.1) is 0 Å². The third kappa shape index (κ3) is 2.77. The Morgan fingerprint density at radius 3 is 2.96 bits per heavy atom. The Morgan fingerprint density at radius 1 is 1.22 bits per heavy atom. The van der Waals surface area contributed by atoms with Gasteiger partial charge in [0.15, 0.2) is 0 Å². The second-order valence-electron chi connectivity index (χ2n) is 6.10. The van der Waals surface area contributed by atoms with Crippen molar-refractivity contribution >= 4 is 16.7 Å². The Kier molecular flexibility index (Phi) is 3.67. The quantitative estimate of drug-likeness (QED) is 0.774. The molecule has 3 aromatic rings. The molecule has 2 aromatic carbocycles. The molecule has 23 heavy (non-hydrogen) atoms. The van der Waals surface area contributed by atoms with Gasteiger partial charge < -0.3 is 10.2 Å². The van der Waals surface area contributed by atoms with Crippen molar-refractivity contribution in [3.8, 4) is 0 Å². The number of hydrogen-bond donors (Lipinski definition) is 2. The molecule has 1 aliphatic rings. The van der Waals surface area contributed by atoms with E-state index < -0.39 is 0 Å². The van der Waals surface area contributed by atoms with Crippen molar-refractivity contribution < 1.29 is 0 Å². The number of tetrazole rings is 1. The van der Waals surface area contributed by atoms with Crippen molar-refractivity contribution in [1.29, 1.82) is 0 Å². The van der Waals surface area contributed by atoms with Gasteiger partial charge in [-0.15, -0.1) is 5.10 Å². The van der Waals surface area contributed by atoms with Gasteiger partial charge in [0, 0.05) is 25.2 Å². The van der Waals surface area contributed by atoms with Crippen LogP contribution in [0.2, 0.25) is 0 Å². The standard InChI is InChI=1S/C17H20N6/c1-12(15-8-4-6-13-5-2-3-7-16(13)15)18-14-9-10-23(11-14)17-19-21-22-20-17/h2-8,12,14,18H,9-11H2,1H3,(H,19,20,21,22). The lowest BCUT2D eigenvalue weighted by molar-refractivity contribution is 0.483. The summed E-state index contributed by atoms with van der Waals surface area (Å²) in [5.41, 5.74) is 1.35. The highest BCUT2D eigenvalue weighted by atomic mass is 15.5. The fourth-order valence-corrected chi connectivity index (χ4v) is 3.44. The van der Waals surface area contributed by atoms with E-state index in [1.165, 1.54) is 16.3 Å². The van der Waals surface area contributed by atoms with Crippen molar-refractivity contribution in [1.82, 2.24) is 25.9 Å². The number of anilines is 1. The minimum absolute atomic E-state index is 0.302. The summed E-state index contributed by atoms with van der Waals surface area (Å²) in [5.74, 6) is 0.687. The monoisotopic (exact) mass is 308 g/mol. The molecule has 1 saturated heterocycles. The number of hydrogen-bond acceptors (Lipinski definition) is 5. The molecule has 0 saturated carbocycles. The number of nitrogens with one attached hydrogen (secondary N) is 2. The van der Waals surface area contributed by atoms with E-state index in [2.05, 4.69) is 80.2 Å². The molecular formula is C17H20N6. The lowest BCUT2D eigenvalue weighted by atomic mass is 9.99. The summed E-state index contributed by atoms with van der Waals surface area (Å²) in [5, 5.41) is 20.6. The molecule has 1 fully saturated rings. The molecule has 0 amide bonds. The van der Waals surface area contributed by atoms with Crippen molar-refractivity contribution in [3.05, 3.63) is 48.0 Å². The summed E-state index contributed by atoms with van der Waals surface area (Å²) in [4.78, 5) is 2.16. The van der Waals surface area contributed by atoms with Crippen LogP contribution in [0.1, 0.15) is 24.9 Å². The normalized spacial score (nSPS) is 19.3. The van der Waals surface area contributed by atoms with E-state index in [0.717, 1.165) is 19.5 Å². The van der Waals surface area contributed by atoms with Gasteiger partial charge in [-0.2, -0.15) is 5.21 Å². The minimum atomic E-state index is 0.302. The number of aromatic nitrogens is 4. The lowest BCUT2D eigenvalue weighted by Crippen LogP contribution is -2.34. The molecule has 1 aliphatic heterocycles. The first kappa shape index (κ1) is 14.1. The van der Waals surface area contributed by atoms with Crippen molar-refractivity contribution in [2.75, 3.05) is 18.0 Å². The second-order valence-corrected chi connectivity index (χ2v) is 6.10. The zero-order valence-electron chi connectivity index (χ0n) is 13.1.